The third-order valence-electron chi connectivity index (χ3n) is 13.8. The molecule has 1 N–H and O–H groups in total. The topological polar surface area (TPSA) is 20.2 Å². The molecule has 32 heavy (non-hydrogen) atoms. The number of hydrogen-bond donors (Lipinski definition) is 1. The molecular formula is C30H51FO. The zero-order valence-electron chi connectivity index (χ0n) is 22.3. The van der Waals surface area contributed by atoms with Crippen LogP contribution in [0.1, 0.15) is 113 Å². The van der Waals surface area contributed by atoms with Crippen LogP contribution in [0.3, 0.4) is 0 Å². The molecule has 0 aliphatic heterocycles. The summed E-state index contributed by atoms with van der Waals surface area (Å²) in [5, 5.41) is 11.4. The lowest BCUT2D eigenvalue weighted by Gasteiger charge is -2.74. The van der Waals surface area contributed by atoms with Crippen LogP contribution in [-0.4, -0.2) is 17.4 Å². The summed E-state index contributed by atoms with van der Waals surface area (Å²) in [5.74, 6) is 4.12. The highest BCUT2D eigenvalue weighted by molar-refractivity contribution is 5.20. The molecule has 5 saturated carbocycles. The summed E-state index contributed by atoms with van der Waals surface area (Å²) in [5.41, 5.74) is 0.708. The third kappa shape index (κ3) is 2.71. The third-order valence-corrected chi connectivity index (χ3v) is 13.8. The minimum atomic E-state index is -1.08. The van der Waals surface area contributed by atoms with E-state index in [1.54, 1.807) is 0 Å². The van der Waals surface area contributed by atoms with Gasteiger partial charge >= 0.3 is 0 Å². The minimum Gasteiger partial charge on any atom is -0.390 e. The molecule has 0 spiro atoms. The summed E-state index contributed by atoms with van der Waals surface area (Å²) in [4.78, 5) is 0. The number of aliphatic hydroxyl groups is 1. The van der Waals surface area contributed by atoms with Gasteiger partial charge in [-0.3, -0.25) is 0 Å². The van der Waals surface area contributed by atoms with Gasteiger partial charge in [-0.15, -0.1) is 0 Å². The highest BCUT2D eigenvalue weighted by Crippen LogP contribution is 2.77. The Balaban J connectivity index is 1.57. The monoisotopic (exact) mass is 446 g/mol. The van der Waals surface area contributed by atoms with Crippen molar-refractivity contribution in [3.63, 3.8) is 0 Å². The molecule has 184 valence electrons. The Bertz CT molecular complexity index is 762. The van der Waals surface area contributed by atoms with Crippen LogP contribution in [0.2, 0.25) is 0 Å². The average Bonchev–Trinajstić information content (AvgIpc) is 2.70. The Morgan fingerprint density at radius 2 is 1.44 bits per heavy atom. The Hall–Kier alpha value is -0.110. The predicted octanol–water partition coefficient (Wildman–Crippen LogP) is 8.05. The molecular weight excluding hydrogens is 395 g/mol. The van der Waals surface area contributed by atoms with Gasteiger partial charge in [0, 0.05) is 5.41 Å². The molecule has 2 unspecified atom stereocenters. The summed E-state index contributed by atoms with van der Waals surface area (Å²) in [7, 11) is 0. The Morgan fingerprint density at radius 1 is 0.750 bits per heavy atom. The summed E-state index contributed by atoms with van der Waals surface area (Å²) in [6.07, 6.45) is 9.07. The number of aliphatic hydroxyl groups excluding tert-OH is 1. The lowest BCUT2D eigenvalue weighted by Crippen LogP contribution is -2.70. The van der Waals surface area contributed by atoms with E-state index in [1.807, 2.05) is 0 Å². The second-order valence-corrected chi connectivity index (χ2v) is 15.2. The van der Waals surface area contributed by atoms with E-state index in [-0.39, 0.29) is 16.2 Å². The van der Waals surface area contributed by atoms with E-state index < -0.39 is 12.3 Å². The van der Waals surface area contributed by atoms with Gasteiger partial charge in [0.05, 0.1) is 6.10 Å². The first-order chi connectivity index (χ1) is 14.7. The lowest BCUT2D eigenvalue weighted by atomic mass is 9.31. The molecule has 5 fully saturated rings. The Kier molecular flexibility index (Phi) is 5.15. The second kappa shape index (κ2) is 6.98. The second-order valence-electron chi connectivity index (χ2n) is 15.2. The first-order valence-corrected chi connectivity index (χ1v) is 14.0. The highest BCUT2D eigenvalue weighted by Gasteiger charge is 2.71. The fourth-order valence-electron chi connectivity index (χ4n) is 11.8. The van der Waals surface area contributed by atoms with Crippen LogP contribution in [0.25, 0.3) is 0 Å². The number of halogens is 1. The van der Waals surface area contributed by atoms with Crippen molar-refractivity contribution in [3.05, 3.63) is 0 Å². The average molecular weight is 447 g/mol. The molecule has 0 amide bonds. The van der Waals surface area contributed by atoms with Gasteiger partial charge < -0.3 is 5.11 Å². The van der Waals surface area contributed by atoms with Gasteiger partial charge in [0.2, 0.25) is 0 Å². The van der Waals surface area contributed by atoms with Crippen molar-refractivity contribution >= 4 is 0 Å². The first-order valence-electron chi connectivity index (χ1n) is 14.0. The molecule has 0 aromatic rings. The molecule has 12 atom stereocenters. The van der Waals surface area contributed by atoms with Gasteiger partial charge in [0.25, 0.3) is 0 Å². The van der Waals surface area contributed by atoms with Gasteiger partial charge in [-0.25, -0.2) is 4.39 Å². The van der Waals surface area contributed by atoms with Gasteiger partial charge in [-0.1, -0.05) is 55.4 Å². The van der Waals surface area contributed by atoms with E-state index in [1.165, 1.54) is 44.9 Å². The summed E-state index contributed by atoms with van der Waals surface area (Å²) < 4.78 is 15.3. The first kappa shape index (κ1) is 23.6. The van der Waals surface area contributed by atoms with E-state index in [2.05, 4.69) is 55.4 Å². The molecule has 0 aromatic carbocycles. The molecule has 5 aliphatic carbocycles. The quantitative estimate of drug-likeness (QED) is 0.399. The maximum Gasteiger partial charge on any atom is 0.127 e. The highest BCUT2D eigenvalue weighted by atomic mass is 19.1. The SMILES string of the molecule is C[C@@H]1[C@H]2[C@H]3CC[C@@H]4[C@@]5(C)C(O)C(F)CC(C)(C)[C@@H]5CC[C@@]4(C)[C@]3(C)CC[C@@]2(C)CC[C@H]1C. The largest absolute Gasteiger partial charge is 0.390 e. The molecule has 0 aromatic heterocycles. The normalized spacial score (nSPS) is 61.7. The van der Waals surface area contributed by atoms with E-state index >= 15 is 4.39 Å². The van der Waals surface area contributed by atoms with Crippen molar-refractivity contribution in [2.24, 2.45) is 62.6 Å². The van der Waals surface area contributed by atoms with Gasteiger partial charge in [0.1, 0.15) is 6.17 Å². The van der Waals surface area contributed by atoms with Crippen molar-refractivity contribution in [1.29, 1.82) is 0 Å². The Morgan fingerprint density at radius 3 is 2.12 bits per heavy atom. The predicted molar refractivity (Wildman–Crippen MR) is 131 cm³/mol. The van der Waals surface area contributed by atoms with Crippen molar-refractivity contribution < 1.29 is 9.50 Å². The molecule has 0 bridgehead atoms. The molecule has 2 heteroatoms. The van der Waals surface area contributed by atoms with Gasteiger partial charge in [-0.2, -0.15) is 0 Å². The van der Waals surface area contributed by atoms with E-state index in [9.17, 15) is 5.11 Å². The van der Waals surface area contributed by atoms with Gasteiger partial charge in [-0.05, 0) is 115 Å². The van der Waals surface area contributed by atoms with Crippen LogP contribution in [0.4, 0.5) is 4.39 Å². The summed E-state index contributed by atoms with van der Waals surface area (Å²) >= 11 is 0. The smallest absolute Gasteiger partial charge is 0.127 e. The van der Waals surface area contributed by atoms with Crippen LogP contribution in [-0.2, 0) is 0 Å². The van der Waals surface area contributed by atoms with E-state index in [4.69, 9.17) is 0 Å². The van der Waals surface area contributed by atoms with Crippen LogP contribution < -0.4 is 0 Å². The van der Waals surface area contributed by atoms with Crippen LogP contribution in [0, 0.1) is 62.6 Å². The fourth-order valence-corrected chi connectivity index (χ4v) is 11.8. The zero-order chi connectivity index (χ0) is 23.5. The maximum atomic E-state index is 15.3. The van der Waals surface area contributed by atoms with Crippen LogP contribution >= 0.6 is 0 Å². The summed E-state index contributed by atoms with van der Waals surface area (Å²) in [6, 6.07) is 0. The number of alkyl halides is 1. The Labute approximate surface area is 197 Å². The van der Waals surface area contributed by atoms with Crippen molar-refractivity contribution in [3.8, 4) is 0 Å². The number of hydrogen-bond acceptors (Lipinski definition) is 1. The lowest BCUT2D eigenvalue weighted by molar-refractivity contribution is -0.276. The van der Waals surface area contributed by atoms with Crippen molar-refractivity contribution in [2.75, 3.05) is 0 Å². The van der Waals surface area contributed by atoms with Crippen molar-refractivity contribution in [1.82, 2.24) is 0 Å². The number of rotatable bonds is 0. The summed E-state index contributed by atoms with van der Waals surface area (Å²) in [6.45, 7) is 19.8. The number of fused-ring (bicyclic) bond motifs is 7. The fraction of sp³-hybridized carbons (Fsp3) is 1.00. The maximum absolute atomic E-state index is 15.3. The molecule has 0 heterocycles. The molecule has 1 nitrogen and oxygen atoms in total. The molecule has 0 radical (unpaired) electrons. The van der Waals surface area contributed by atoms with Crippen LogP contribution in [0.15, 0.2) is 0 Å². The minimum absolute atomic E-state index is 0.0229. The van der Waals surface area contributed by atoms with E-state index in [0.717, 1.165) is 30.1 Å². The van der Waals surface area contributed by atoms with Gasteiger partial charge in [0.15, 0.2) is 0 Å². The standard InChI is InChI=1S/C30H51FO/c1-18-11-13-27(5)15-16-28(6)20(24(27)19(18)2)9-10-23-29(28,7)14-12-22-26(3,4)17-21(31)25(32)30(22,23)8/h18-25,32H,9-17H2,1-8H3/t18-,19+,20-,21?,22+,23+,24+,25?,27-,28-,29-,30+/m1/s1. The molecule has 5 rings (SSSR count). The van der Waals surface area contributed by atoms with E-state index in [0.29, 0.717) is 29.1 Å². The molecule has 0 saturated heterocycles. The van der Waals surface area contributed by atoms with Crippen molar-refractivity contribution in [2.45, 2.75) is 125 Å². The zero-order valence-corrected chi connectivity index (χ0v) is 22.3. The van der Waals surface area contributed by atoms with Crippen LogP contribution in [0.5, 0.6) is 0 Å². The molecule has 5 aliphatic rings.